The van der Waals surface area contributed by atoms with Crippen LogP contribution in [0.5, 0.6) is 0 Å². The monoisotopic (exact) mass is 342 g/mol. The van der Waals surface area contributed by atoms with Crippen molar-refractivity contribution in [2.24, 2.45) is 11.8 Å². The Bertz CT molecular complexity index is 611. The van der Waals surface area contributed by atoms with Gasteiger partial charge in [0.25, 0.3) is 10.0 Å². The average molecular weight is 342 g/mol. The zero-order chi connectivity index (χ0) is 15.2. The Morgan fingerprint density at radius 3 is 2.77 bits per heavy atom. The van der Waals surface area contributed by atoms with Gasteiger partial charge in [-0.25, -0.2) is 8.42 Å². The summed E-state index contributed by atoms with van der Waals surface area (Å²) in [5.74, 6) is 1.24. The van der Waals surface area contributed by atoms with E-state index in [1.807, 2.05) is 5.38 Å². The maximum atomic E-state index is 12.6. The molecular formula is C15H22N2O3S2. The van der Waals surface area contributed by atoms with Gasteiger partial charge in [0.2, 0.25) is 0 Å². The Hall–Kier alpha value is -0.470. The molecule has 0 amide bonds. The van der Waals surface area contributed by atoms with Crippen LogP contribution in [0.4, 0.5) is 0 Å². The first kappa shape index (κ1) is 15.1. The van der Waals surface area contributed by atoms with Crippen LogP contribution in [0.15, 0.2) is 21.7 Å². The Labute approximate surface area is 135 Å². The fourth-order valence-corrected chi connectivity index (χ4v) is 6.77. The van der Waals surface area contributed by atoms with E-state index in [1.54, 1.807) is 16.4 Å². The summed E-state index contributed by atoms with van der Waals surface area (Å²) in [4.78, 5) is 2.47. The summed E-state index contributed by atoms with van der Waals surface area (Å²) < 4.78 is 32.8. The van der Waals surface area contributed by atoms with Gasteiger partial charge in [-0.1, -0.05) is 6.07 Å². The van der Waals surface area contributed by atoms with Crippen molar-refractivity contribution in [2.45, 2.75) is 23.1 Å². The highest BCUT2D eigenvalue weighted by molar-refractivity contribution is 7.91. The van der Waals surface area contributed by atoms with Crippen LogP contribution >= 0.6 is 11.3 Å². The van der Waals surface area contributed by atoms with Gasteiger partial charge in [0.1, 0.15) is 4.21 Å². The van der Waals surface area contributed by atoms with E-state index in [-0.39, 0.29) is 6.04 Å². The lowest BCUT2D eigenvalue weighted by Crippen LogP contribution is -2.57. The first-order chi connectivity index (χ1) is 10.6. The fourth-order valence-electron chi connectivity index (χ4n) is 3.92. The summed E-state index contributed by atoms with van der Waals surface area (Å²) in [5, 5.41) is 1.83. The minimum atomic E-state index is -3.26. The molecule has 0 saturated carbocycles. The van der Waals surface area contributed by atoms with E-state index in [0.29, 0.717) is 22.6 Å². The largest absolute Gasteiger partial charge is 0.381 e. The van der Waals surface area contributed by atoms with Gasteiger partial charge in [0.15, 0.2) is 0 Å². The highest BCUT2D eigenvalue weighted by atomic mass is 32.2. The number of hydrogen-bond donors (Lipinski definition) is 0. The Morgan fingerprint density at radius 2 is 2.05 bits per heavy atom. The molecule has 4 rings (SSSR count). The van der Waals surface area contributed by atoms with E-state index in [0.717, 1.165) is 45.7 Å². The SMILES string of the molecule is O=S(=O)(c1cccs1)N1C[C@@H]2CN(CC3CCOCC3)C[C@@H]21. The molecule has 122 valence electrons. The Balaban J connectivity index is 1.39. The van der Waals surface area contributed by atoms with Crippen molar-refractivity contribution in [1.29, 1.82) is 0 Å². The summed E-state index contributed by atoms with van der Waals surface area (Å²) in [6.45, 7) is 5.50. The summed E-state index contributed by atoms with van der Waals surface area (Å²) >= 11 is 1.31. The van der Waals surface area contributed by atoms with Crippen LogP contribution in [0.3, 0.4) is 0 Å². The molecule has 3 saturated heterocycles. The molecule has 7 heteroatoms. The lowest BCUT2D eigenvalue weighted by atomic mass is 9.96. The third-order valence-electron chi connectivity index (χ3n) is 5.18. The molecule has 1 aromatic rings. The molecule has 22 heavy (non-hydrogen) atoms. The zero-order valence-electron chi connectivity index (χ0n) is 12.6. The zero-order valence-corrected chi connectivity index (χ0v) is 14.2. The van der Waals surface area contributed by atoms with Crippen LogP contribution in [0, 0.1) is 11.8 Å². The lowest BCUT2D eigenvalue weighted by Gasteiger charge is -2.41. The Morgan fingerprint density at radius 1 is 1.23 bits per heavy atom. The third-order valence-corrected chi connectivity index (χ3v) is 8.45. The van der Waals surface area contributed by atoms with Crippen molar-refractivity contribution in [1.82, 2.24) is 9.21 Å². The summed E-state index contributed by atoms with van der Waals surface area (Å²) in [6, 6.07) is 3.70. The van der Waals surface area contributed by atoms with Crippen LogP contribution in [0.25, 0.3) is 0 Å². The van der Waals surface area contributed by atoms with Gasteiger partial charge < -0.3 is 9.64 Å². The van der Waals surface area contributed by atoms with Crippen LogP contribution in [-0.4, -0.2) is 63.1 Å². The molecule has 5 nitrogen and oxygen atoms in total. The van der Waals surface area contributed by atoms with Gasteiger partial charge in [-0.15, -0.1) is 11.3 Å². The molecule has 0 unspecified atom stereocenters. The van der Waals surface area contributed by atoms with Gasteiger partial charge >= 0.3 is 0 Å². The molecule has 0 aromatic carbocycles. The predicted octanol–water partition coefficient (Wildman–Crippen LogP) is 1.48. The van der Waals surface area contributed by atoms with Crippen molar-refractivity contribution in [3.05, 3.63) is 17.5 Å². The van der Waals surface area contributed by atoms with E-state index in [1.165, 1.54) is 11.3 Å². The molecule has 0 aliphatic carbocycles. The quantitative estimate of drug-likeness (QED) is 0.832. The molecule has 0 radical (unpaired) electrons. The highest BCUT2D eigenvalue weighted by Crippen LogP contribution is 2.38. The number of likely N-dealkylation sites (tertiary alicyclic amines) is 1. The number of sulfonamides is 1. The minimum Gasteiger partial charge on any atom is -0.381 e. The van der Waals surface area contributed by atoms with E-state index >= 15 is 0 Å². The maximum absolute atomic E-state index is 12.6. The van der Waals surface area contributed by atoms with E-state index < -0.39 is 10.0 Å². The molecule has 1 aromatic heterocycles. The normalized spacial score (nSPS) is 31.1. The molecule has 0 N–H and O–H groups in total. The number of rotatable bonds is 4. The number of thiophene rings is 1. The number of nitrogens with zero attached hydrogens (tertiary/aromatic N) is 2. The van der Waals surface area contributed by atoms with E-state index in [2.05, 4.69) is 4.90 Å². The topological polar surface area (TPSA) is 49.9 Å². The van der Waals surface area contributed by atoms with Gasteiger partial charge in [0, 0.05) is 51.4 Å². The molecule has 0 bridgehead atoms. The van der Waals surface area contributed by atoms with Gasteiger partial charge in [0.05, 0.1) is 0 Å². The summed E-state index contributed by atoms with van der Waals surface area (Å²) in [5.41, 5.74) is 0. The molecule has 0 spiro atoms. The van der Waals surface area contributed by atoms with Crippen LogP contribution in [-0.2, 0) is 14.8 Å². The van der Waals surface area contributed by atoms with Gasteiger partial charge in [-0.05, 0) is 30.2 Å². The van der Waals surface area contributed by atoms with Crippen LogP contribution in [0.1, 0.15) is 12.8 Å². The predicted molar refractivity (Wildman–Crippen MR) is 85.5 cm³/mol. The fraction of sp³-hybridized carbons (Fsp3) is 0.733. The lowest BCUT2D eigenvalue weighted by molar-refractivity contribution is 0.0552. The van der Waals surface area contributed by atoms with Crippen molar-refractivity contribution in [3.8, 4) is 0 Å². The van der Waals surface area contributed by atoms with E-state index in [4.69, 9.17) is 4.74 Å². The standard InChI is InChI=1S/C15H22N2O3S2/c18-22(19,15-2-1-7-21-15)17-10-13-9-16(11-14(13)17)8-12-3-5-20-6-4-12/h1-2,7,12-14H,3-6,8-11H2/t13-,14-/m0/s1. The molecular weight excluding hydrogens is 320 g/mol. The number of fused-ring (bicyclic) bond motifs is 1. The Kier molecular flexibility index (Phi) is 4.02. The van der Waals surface area contributed by atoms with Gasteiger partial charge in [-0.2, -0.15) is 4.31 Å². The van der Waals surface area contributed by atoms with Crippen molar-refractivity contribution < 1.29 is 13.2 Å². The second kappa shape index (κ2) is 5.87. The average Bonchev–Trinajstić information content (AvgIpc) is 3.12. The van der Waals surface area contributed by atoms with Gasteiger partial charge in [-0.3, -0.25) is 0 Å². The molecule has 3 aliphatic rings. The van der Waals surface area contributed by atoms with E-state index in [9.17, 15) is 8.42 Å². The van der Waals surface area contributed by atoms with Crippen LogP contribution < -0.4 is 0 Å². The maximum Gasteiger partial charge on any atom is 0.252 e. The molecule has 4 heterocycles. The smallest absolute Gasteiger partial charge is 0.252 e. The first-order valence-electron chi connectivity index (χ1n) is 8.00. The van der Waals surface area contributed by atoms with Crippen molar-refractivity contribution >= 4 is 21.4 Å². The molecule has 3 fully saturated rings. The second-order valence-electron chi connectivity index (χ2n) is 6.61. The number of ether oxygens (including phenoxy) is 1. The van der Waals surface area contributed by atoms with Crippen LogP contribution in [0.2, 0.25) is 0 Å². The second-order valence-corrected chi connectivity index (χ2v) is 9.67. The minimum absolute atomic E-state index is 0.187. The third kappa shape index (κ3) is 2.63. The highest BCUT2D eigenvalue weighted by Gasteiger charge is 2.51. The summed E-state index contributed by atoms with van der Waals surface area (Å²) in [6.07, 6.45) is 2.28. The van der Waals surface area contributed by atoms with Crippen molar-refractivity contribution in [3.63, 3.8) is 0 Å². The molecule has 3 aliphatic heterocycles. The number of hydrogen-bond acceptors (Lipinski definition) is 5. The van der Waals surface area contributed by atoms with Crippen molar-refractivity contribution in [2.75, 3.05) is 39.4 Å². The molecule has 2 atom stereocenters. The summed E-state index contributed by atoms with van der Waals surface area (Å²) in [7, 11) is -3.26. The first-order valence-corrected chi connectivity index (χ1v) is 10.3.